The number of rotatable bonds is 4. The molecule has 2 fully saturated rings. The summed E-state index contributed by atoms with van der Waals surface area (Å²) < 4.78 is 7.47. The highest BCUT2D eigenvalue weighted by Gasteiger charge is 2.21. The molecule has 170 valence electrons. The molecular weight excluding hydrogens is 414 g/mol. The van der Waals surface area contributed by atoms with Crippen LogP contribution in [0.3, 0.4) is 0 Å². The molecule has 0 unspecified atom stereocenters. The van der Waals surface area contributed by atoms with Crippen LogP contribution in [-0.4, -0.2) is 56.9 Å². The number of aromatic nitrogens is 5. The summed E-state index contributed by atoms with van der Waals surface area (Å²) in [6.07, 6.45) is 4.41. The first-order valence-electron chi connectivity index (χ1n) is 11.9. The lowest BCUT2D eigenvalue weighted by Gasteiger charge is -2.25. The van der Waals surface area contributed by atoms with Crippen LogP contribution in [0.4, 0.5) is 11.6 Å². The van der Waals surface area contributed by atoms with Gasteiger partial charge in [-0.3, -0.25) is 0 Å². The number of nitrogens with one attached hydrogen (secondary N) is 1. The summed E-state index contributed by atoms with van der Waals surface area (Å²) in [5, 5.41) is 8.67. The fraction of sp³-hybridized carbons (Fsp3) is 0.440. The number of fused-ring (bicyclic) bond motifs is 2. The Hall–Kier alpha value is -3.26. The molecule has 2 saturated heterocycles. The summed E-state index contributed by atoms with van der Waals surface area (Å²) in [7, 11) is 0. The van der Waals surface area contributed by atoms with Gasteiger partial charge in [0.15, 0.2) is 5.65 Å². The number of aryl methyl sites for hydroxylation is 2. The van der Waals surface area contributed by atoms with Gasteiger partial charge in [0.2, 0.25) is 0 Å². The summed E-state index contributed by atoms with van der Waals surface area (Å²) in [5.41, 5.74) is 6.26. The van der Waals surface area contributed by atoms with Gasteiger partial charge in [0, 0.05) is 44.5 Å². The van der Waals surface area contributed by atoms with E-state index in [2.05, 4.69) is 35.3 Å². The van der Waals surface area contributed by atoms with Gasteiger partial charge in [-0.1, -0.05) is 6.07 Å². The second-order valence-corrected chi connectivity index (χ2v) is 9.17. The van der Waals surface area contributed by atoms with E-state index < -0.39 is 0 Å². The highest BCUT2D eigenvalue weighted by molar-refractivity contribution is 5.79. The summed E-state index contributed by atoms with van der Waals surface area (Å²) in [4.78, 5) is 17.1. The van der Waals surface area contributed by atoms with Gasteiger partial charge >= 0.3 is 0 Å². The third-order valence-electron chi connectivity index (χ3n) is 6.65. The van der Waals surface area contributed by atoms with E-state index in [1.54, 1.807) is 0 Å². The molecule has 0 radical (unpaired) electrons. The van der Waals surface area contributed by atoms with E-state index in [9.17, 15) is 0 Å². The van der Waals surface area contributed by atoms with Crippen LogP contribution >= 0.6 is 0 Å². The number of ether oxygens (including phenoxy) is 1. The van der Waals surface area contributed by atoms with Crippen molar-refractivity contribution < 1.29 is 4.74 Å². The topological polar surface area (TPSA) is 80.5 Å². The molecule has 0 bridgehead atoms. The van der Waals surface area contributed by atoms with Crippen LogP contribution in [0.25, 0.3) is 28.1 Å². The van der Waals surface area contributed by atoms with Gasteiger partial charge in [0.25, 0.3) is 0 Å². The Bertz CT molecular complexity index is 1320. The van der Waals surface area contributed by atoms with E-state index in [-0.39, 0.29) is 0 Å². The highest BCUT2D eigenvalue weighted by atomic mass is 16.5. The van der Waals surface area contributed by atoms with Crippen molar-refractivity contribution in [3.05, 3.63) is 41.6 Å². The standard InChI is InChI=1S/C25H29N7O/c1-16-5-6-19-20(13-16)28-25(17(2)26-19)21-14-23-29-22(31-9-3-4-10-31)15-24(32(23)30-21)27-18-7-11-33-12-8-18/h5-6,13-15,18,27H,3-4,7-12H2,1-2H3. The second-order valence-electron chi connectivity index (χ2n) is 9.17. The molecule has 6 rings (SSSR count). The van der Waals surface area contributed by atoms with Gasteiger partial charge in [0.1, 0.15) is 23.0 Å². The van der Waals surface area contributed by atoms with Gasteiger partial charge in [-0.05, 0) is 57.2 Å². The Balaban J connectivity index is 1.46. The molecule has 2 aliphatic rings. The third kappa shape index (κ3) is 3.88. The average molecular weight is 444 g/mol. The van der Waals surface area contributed by atoms with Crippen LogP contribution < -0.4 is 10.2 Å². The number of benzene rings is 1. The lowest BCUT2D eigenvalue weighted by Crippen LogP contribution is -2.29. The maximum atomic E-state index is 5.55. The molecule has 4 aromatic rings. The van der Waals surface area contributed by atoms with Crippen LogP contribution in [0.2, 0.25) is 0 Å². The molecule has 0 amide bonds. The molecule has 0 aliphatic carbocycles. The molecular formula is C25H29N7O. The third-order valence-corrected chi connectivity index (χ3v) is 6.65. The molecule has 1 N–H and O–H groups in total. The minimum Gasteiger partial charge on any atom is -0.381 e. The second kappa shape index (κ2) is 8.26. The summed E-state index contributed by atoms with van der Waals surface area (Å²) in [5.74, 6) is 1.99. The van der Waals surface area contributed by atoms with E-state index in [0.717, 1.165) is 84.5 Å². The molecule has 2 aliphatic heterocycles. The maximum absolute atomic E-state index is 5.55. The first-order valence-corrected chi connectivity index (χ1v) is 11.9. The quantitative estimate of drug-likeness (QED) is 0.507. The van der Waals surface area contributed by atoms with E-state index in [1.807, 2.05) is 23.6 Å². The Morgan fingerprint density at radius 1 is 0.939 bits per heavy atom. The smallest absolute Gasteiger partial charge is 0.160 e. The maximum Gasteiger partial charge on any atom is 0.160 e. The average Bonchev–Trinajstić information content (AvgIpc) is 3.50. The van der Waals surface area contributed by atoms with Crippen molar-refractivity contribution >= 4 is 28.3 Å². The van der Waals surface area contributed by atoms with E-state index in [0.29, 0.717) is 6.04 Å². The van der Waals surface area contributed by atoms with Gasteiger partial charge < -0.3 is 15.0 Å². The SMILES string of the molecule is Cc1ccc2nc(C)c(-c3cc4nc(N5CCCC5)cc(NC5CCOCC5)n4n3)nc2c1. The fourth-order valence-corrected chi connectivity index (χ4v) is 4.83. The van der Waals surface area contributed by atoms with Gasteiger partial charge in [-0.15, -0.1) is 0 Å². The highest BCUT2D eigenvalue weighted by Crippen LogP contribution is 2.28. The molecule has 5 heterocycles. The summed E-state index contributed by atoms with van der Waals surface area (Å²) >= 11 is 0. The zero-order valence-corrected chi connectivity index (χ0v) is 19.2. The minimum absolute atomic E-state index is 0.369. The van der Waals surface area contributed by atoms with Crippen LogP contribution in [0.1, 0.15) is 36.9 Å². The largest absolute Gasteiger partial charge is 0.381 e. The first-order chi connectivity index (χ1) is 16.1. The number of hydrogen-bond acceptors (Lipinski definition) is 7. The fourth-order valence-electron chi connectivity index (χ4n) is 4.83. The summed E-state index contributed by atoms with van der Waals surface area (Å²) in [6.45, 7) is 7.76. The zero-order chi connectivity index (χ0) is 22.4. The molecule has 3 aromatic heterocycles. The normalized spacial score (nSPS) is 17.3. The lowest BCUT2D eigenvalue weighted by molar-refractivity contribution is 0.0903. The monoisotopic (exact) mass is 443 g/mol. The number of hydrogen-bond donors (Lipinski definition) is 1. The van der Waals surface area contributed by atoms with Crippen molar-refractivity contribution in [2.75, 3.05) is 36.5 Å². The van der Waals surface area contributed by atoms with Crippen molar-refractivity contribution in [1.29, 1.82) is 0 Å². The molecule has 0 saturated carbocycles. The molecule has 1 aromatic carbocycles. The van der Waals surface area contributed by atoms with Crippen LogP contribution in [-0.2, 0) is 4.74 Å². The van der Waals surface area contributed by atoms with Crippen LogP contribution in [0.15, 0.2) is 30.3 Å². The summed E-state index contributed by atoms with van der Waals surface area (Å²) in [6, 6.07) is 10.7. The van der Waals surface area contributed by atoms with Crippen LogP contribution in [0.5, 0.6) is 0 Å². The Kier molecular flexibility index (Phi) is 5.10. The van der Waals surface area contributed by atoms with Crippen molar-refractivity contribution in [1.82, 2.24) is 24.6 Å². The Labute approximate surface area is 193 Å². The van der Waals surface area contributed by atoms with E-state index >= 15 is 0 Å². The van der Waals surface area contributed by atoms with Gasteiger partial charge in [-0.2, -0.15) is 9.61 Å². The molecule has 0 atom stereocenters. The Morgan fingerprint density at radius 3 is 2.58 bits per heavy atom. The van der Waals surface area contributed by atoms with Gasteiger partial charge in [0.05, 0.1) is 16.7 Å². The molecule has 8 heteroatoms. The minimum atomic E-state index is 0.369. The predicted molar refractivity (Wildman–Crippen MR) is 130 cm³/mol. The zero-order valence-electron chi connectivity index (χ0n) is 19.2. The number of nitrogens with zero attached hydrogens (tertiary/aromatic N) is 6. The Morgan fingerprint density at radius 2 is 1.76 bits per heavy atom. The first kappa shape index (κ1) is 20.4. The van der Waals surface area contributed by atoms with Crippen molar-refractivity contribution in [3.63, 3.8) is 0 Å². The van der Waals surface area contributed by atoms with Crippen molar-refractivity contribution in [2.24, 2.45) is 0 Å². The predicted octanol–water partition coefficient (Wildman–Crippen LogP) is 4.15. The van der Waals surface area contributed by atoms with E-state index in [1.165, 1.54) is 18.4 Å². The van der Waals surface area contributed by atoms with Crippen molar-refractivity contribution in [3.8, 4) is 11.4 Å². The van der Waals surface area contributed by atoms with Crippen molar-refractivity contribution in [2.45, 2.75) is 45.6 Å². The van der Waals surface area contributed by atoms with Gasteiger partial charge in [-0.25, -0.2) is 15.0 Å². The molecule has 33 heavy (non-hydrogen) atoms. The molecule has 0 spiro atoms. The van der Waals surface area contributed by atoms with Crippen LogP contribution in [0, 0.1) is 13.8 Å². The number of anilines is 2. The lowest BCUT2D eigenvalue weighted by atomic mass is 10.1. The van der Waals surface area contributed by atoms with E-state index in [4.69, 9.17) is 24.8 Å². The molecule has 8 nitrogen and oxygen atoms in total.